The van der Waals surface area contributed by atoms with Gasteiger partial charge in [-0.3, -0.25) is 4.79 Å². The zero-order chi connectivity index (χ0) is 24.8. The standard InChI is InChI=1S/C23H18F3N3O5S/c24-23(25,26)34-16-2-4-20-18(13-16)28-22(30)17-11-14(1-3-19(17)35(20,31)32)15-5-6-27-21(12-15)29-7-9-33-10-8-29/h1-6,11-13H,7-10H2,(H-,28,30,31,32)/p+1. The zero-order valence-corrected chi connectivity index (χ0v) is 18.9. The predicted molar refractivity (Wildman–Crippen MR) is 121 cm³/mol. The number of halogens is 3. The van der Waals surface area contributed by atoms with Crippen molar-refractivity contribution in [2.45, 2.75) is 16.2 Å². The number of carbonyl (C=O) groups excluding carboxylic acids is 1. The number of pyridine rings is 1. The first-order valence-corrected chi connectivity index (χ1v) is 12.0. The van der Waals surface area contributed by atoms with Gasteiger partial charge in [-0.25, -0.2) is 4.98 Å². The first kappa shape index (κ1) is 23.3. The lowest BCUT2D eigenvalue weighted by molar-refractivity contribution is -0.274. The van der Waals surface area contributed by atoms with Crippen LogP contribution < -0.4 is 15.0 Å². The van der Waals surface area contributed by atoms with E-state index in [1.165, 1.54) is 12.1 Å². The second kappa shape index (κ2) is 8.63. The monoisotopic (exact) mass is 506 g/mol. The Morgan fingerprint density at radius 3 is 2.49 bits per heavy atom. The third kappa shape index (κ3) is 4.59. The highest BCUT2D eigenvalue weighted by molar-refractivity contribution is 7.98. The molecule has 0 aliphatic carbocycles. The van der Waals surface area contributed by atoms with Crippen molar-refractivity contribution in [2.75, 3.05) is 36.5 Å². The SMILES string of the molecule is O=C1Nc2cc(OC(F)(F)F)ccc2[S+](=O)(O)c2ccc(-c3ccnc(N4CCOCC4)c3)cc21. The molecule has 1 saturated heterocycles. The van der Waals surface area contributed by atoms with Crippen LogP contribution >= 0.6 is 0 Å². The quantitative estimate of drug-likeness (QED) is 0.507. The third-order valence-corrected chi connectivity index (χ3v) is 7.57. The lowest BCUT2D eigenvalue weighted by Crippen LogP contribution is -2.36. The van der Waals surface area contributed by atoms with Crippen molar-refractivity contribution in [1.29, 1.82) is 0 Å². The summed E-state index contributed by atoms with van der Waals surface area (Å²) in [6, 6.07) is 10.9. The van der Waals surface area contributed by atoms with E-state index in [-0.39, 0.29) is 21.0 Å². The van der Waals surface area contributed by atoms with Gasteiger partial charge in [0.25, 0.3) is 16.1 Å². The van der Waals surface area contributed by atoms with E-state index in [1.54, 1.807) is 18.3 Å². The van der Waals surface area contributed by atoms with Crippen LogP contribution in [-0.4, -0.2) is 48.1 Å². The van der Waals surface area contributed by atoms with Crippen molar-refractivity contribution in [3.05, 3.63) is 60.3 Å². The molecule has 35 heavy (non-hydrogen) atoms. The molecular formula is C23H19F3N3O5S+. The number of rotatable bonds is 3. The number of aromatic nitrogens is 1. The molecule has 2 aromatic carbocycles. The highest BCUT2D eigenvalue weighted by Gasteiger charge is 2.43. The maximum Gasteiger partial charge on any atom is 0.573 e. The molecule has 12 heteroatoms. The van der Waals surface area contributed by atoms with Gasteiger partial charge in [0.2, 0.25) is 9.79 Å². The summed E-state index contributed by atoms with van der Waals surface area (Å²) in [5.41, 5.74) is 1.05. The van der Waals surface area contributed by atoms with Gasteiger partial charge in [0.05, 0.1) is 18.8 Å². The summed E-state index contributed by atoms with van der Waals surface area (Å²) in [6.45, 7) is 2.56. The van der Waals surface area contributed by atoms with E-state index < -0.39 is 28.2 Å². The fraction of sp³-hybridized carbons (Fsp3) is 0.217. The van der Waals surface area contributed by atoms with E-state index in [0.717, 1.165) is 29.6 Å². The number of ether oxygens (including phenoxy) is 2. The topological polar surface area (TPSA) is 101 Å². The Morgan fingerprint density at radius 2 is 1.74 bits per heavy atom. The molecule has 0 bridgehead atoms. The highest BCUT2D eigenvalue weighted by atomic mass is 32.3. The van der Waals surface area contributed by atoms with Crippen molar-refractivity contribution in [3.8, 4) is 16.9 Å². The average Bonchev–Trinajstić information content (AvgIpc) is 2.90. The minimum atomic E-state index is -4.95. The molecule has 182 valence electrons. The molecule has 1 fully saturated rings. The van der Waals surface area contributed by atoms with Gasteiger partial charge in [-0.05, 0) is 47.5 Å². The normalized spacial score (nSPS) is 19.9. The van der Waals surface area contributed by atoms with Crippen molar-refractivity contribution >= 4 is 27.6 Å². The average molecular weight is 506 g/mol. The van der Waals surface area contributed by atoms with E-state index in [1.807, 2.05) is 6.07 Å². The van der Waals surface area contributed by atoms with Crippen LogP contribution in [0.5, 0.6) is 5.75 Å². The van der Waals surface area contributed by atoms with Gasteiger partial charge < -0.3 is 19.7 Å². The molecule has 0 saturated carbocycles. The Hall–Kier alpha value is -3.48. The van der Waals surface area contributed by atoms with Crippen LogP contribution in [0.15, 0.2) is 64.5 Å². The number of hydrogen-bond donors (Lipinski definition) is 2. The molecule has 2 aliphatic heterocycles. The van der Waals surface area contributed by atoms with Gasteiger partial charge in [0, 0.05) is 31.4 Å². The van der Waals surface area contributed by atoms with Gasteiger partial charge in [0.15, 0.2) is 0 Å². The molecule has 2 aliphatic rings. The minimum Gasteiger partial charge on any atom is -0.406 e. The van der Waals surface area contributed by atoms with Gasteiger partial charge >= 0.3 is 6.36 Å². The fourth-order valence-electron chi connectivity index (χ4n) is 4.04. The number of nitrogens with zero attached hydrogens (tertiary/aromatic N) is 2. The summed E-state index contributed by atoms with van der Waals surface area (Å²) < 4.78 is 71.4. The molecule has 1 atom stereocenters. The Balaban J connectivity index is 1.53. The number of morpholine rings is 1. The zero-order valence-electron chi connectivity index (χ0n) is 18.0. The minimum absolute atomic E-state index is 0.0609. The van der Waals surface area contributed by atoms with Crippen LogP contribution in [0.1, 0.15) is 10.4 Å². The predicted octanol–water partition coefficient (Wildman–Crippen LogP) is 4.44. The molecule has 0 spiro atoms. The largest absolute Gasteiger partial charge is 0.573 e. The molecule has 3 heterocycles. The van der Waals surface area contributed by atoms with Crippen LogP contribution in [0.4, 0.5) is 24.7 Å². The number of fused-ring (bicyclic) bond motifs is 2. The second-order valence-electron chi connectivity index (χ2n) is 7.90. The summed E-state index contributed by atoms with van der Waals surface area (Å²) in [6.07, 6.45) is -3.31. The molecule has 2 N–H and O–H groups in total. The lowest BCUT2D eigenvalue weighted by atomic mass is 10.0. The third-order valence-electron chi connectivity index (χ3n) is 5.67. The second-order valence-corrected chi connectivity index (χ2v) is 9.83. The van der Waals surface area contributed by atoms with Crippen LogP contribution in [-0.2, 0) is 19.2 Å². The molecule has 5 rings (SSSR count). The Labute approximate surface area is 198 Å². The molecule has 8 nitrogen and oxygen atoms in total. The molecule has 1 unspecified atom stereocenters. The lowest BCUT2D eigenvalue weighted by Gasteiger charge is -2.28. The van der Waals surface area contributed by atoms with Gasteiger partial charge in [-0.1, -0.05) is 4.21 Å². The summed E-state index contributed by atoms with van der Waals surface area (Å²) in [5.74, 6) is -0.611. The van der Waals surface area contributed by atoms with E-state index in [2.05, 4.69) is 19.9 Å². The number of amides is 1. The summed E-state index contributed by atoms with van der Waals surface area (Å²) in [7, 11) is -3.96. The maximum absolute atomic E-state index is 13.4. The van der Waals surface area contributed by atoms with E-state index in [4.69, 9.17) is 4.74 Å². The summed E-state index contributed by atoms with van der Waals surface area (Å²) >= 11 is 0. The number of carbonyl (C=O) groups is 1. The van der Waals surface area contributed by atoms with Crippen LogP contribution in [0, 0.1) is 0 Å². The summed E-state index contributed by atoms with van der Waals surface area (Å²) in [4.78, 5) is 19.1. The Bertz CT molecular complexity index is 1360. The number of benzene rings is 2. The molecule has 1 aromatic heterocycles. The fourth-order valence-corrected chi connectivity index (χ4v) is 5.64. The molecule has 3 aromatic rings. The van der Waals surface area contributed by atoms with Crippen LogP contribution in [0.25, 0.3) is 11.1 Å². The van der Waals surface area contributed by atoms with Crippen LogP contribution in [0.2, 0.25) is 0 Å². The van der Waals surface area contributed by atoms with E-state index in [0.29, 0.717) is 31.9 Å². The van der Waals surface area contributed by atoms with Crippen molar-refractivity contribution in [3.63, 3.8) is 0 Å². The van der Waals surface area contributed by atoms with Gasteiger partial charge in [0.1, 0.15) is 17.3 Å². The molecular weight excluding hydrogens is 487 g/mol. The number of nitrogens with one attached hydrogen (secondary N) is 1. The first-order chi connectivity index (χ1) is 16.6. The smallest absolute Gasteiger partial charge is 0.406 e. The van der Waals surface area contributed by atoms with Gasteiger partial charge in [-0.15, -0.1) is 13.2 Å². The molecule has 0 radical (unpaired) electrons. The number of hydrogen-bond acceptors (Lipinski definition) is 6. The van der Waals surface area contributed by atoms with Gasteiger partial charge in [-0.2, -0.15) is 4.55 Å². The van der Waals surface area contributed by atoms with Crippen molar-refractivity contribution < 1.29 is 36.2 Å². The highest BCUT2D eigenvalue weighted by Crippen LogP contribution is 2.41. The maximum atomic E-state index is 13.4. The van der Waals surface area contributed by atoms with Crippen molar-refractivity contribution in [2.24, 2.45) is 0 Å². The Kier molecular flexibility index (Phi) is 5.74. The Morgan fingerprint density at radius 1 is 1.03 bits per heavy atom. The first-order valence-electron chi connectivity index (χ1n) is 10.5. The van der Waals surface area contributed by atoms with E-state index in [9.17, 15) is 26.7 Å². The summed E-state index contributed by atoms with van der Waals surface area (Å²) in [5, 5.41) is 2.44. The van der Waals surface area contributed by atoms with Crippen LogP contribution in [0.3, 0.4) is 0 Å². The van der Waals surface area contributed by atoms with Crippen molar-refractivity contribution in [1.82, 2.24) is 4.98 Å². The molecule has 1 amide bonds. The van der Waals surface area contributed by atoms with E-state index >= 15 is 0 Å². The number of alkyl halides is 3. The number of anilines is 2.